The number of ether oxygens (including phenoxy) is 4. The van der Waals surface area contributed by atoms with Gasteiger partial charge in [-0.05, 0) is 65.9 Å². The summed E-state index contributed by atoms with van der Waals surface area (Å²) in [6.45, 7) is 2.15. The van der Waals surface area contributed by atoms with Crippen LogP contribution in [0.3, 0.4) is 0 Å². The van der Waals surface area contributed by atoms with Crippen LogP contribution >= 0.6 is 0 Å². The second-order valence-electron chi connectivity index (χ2n) is 9.13. The van der Waals surface area contributed by atoms with Gasteiger partial charge in [0.05, 0.1) is 13.2 Å². The highest BCUT2D eigenvalue weighted by Crippen LogP contribution is 2.37. The predicted molar refractivity (Wildman–Crippen MR) is 144 cm³/mol. The third-order valence-corrected chi connectivity index (χ3v) is 6.60. The summed E-state index contributed by atoms with van der Waals surface area (Å²) in [4.78, 5) is 25.2. The van der Waals surface area contributed by atoms with Crippen molar-refractivity contribution < 1.29 is 28.5 Å². The van der Waals surface area contributed by atoms with E-state index < -0.39 is 0 Å². The molecule has 1 N–H and O–H groups in total. The molecule has 7 nitrogen and oxygen atoms in total. The highest BCUT2D eigenvalue weighted by Gasteiger charge is 2.19. The van der Waals surface area contributed by atoms with Crippen LogP contribution in [0, 0.1) is 0 Å². The first-order valence-electron chi connectivity index (χ1n) is 12.6. The fourth-order valence-corrected chi connectivity index (χ4v) is 4.63. The van der Waals surface area contributed by atoms with E-state index in [1.54, 1.807) is 24.3 Å². The molecular weight excluding hydrogens is 482 g/mol. The van der Waals surface area contributed by atoms with E-state index in [4.69, 9.17) is 18.9 Å². The molecule has 1 atom stereocenters. The molecule has 7 heteroatoms. The summed E-state index contributed by atoms with van der Waals surface area (Å²) < 4.78 is 21.6. The van der Waals surface area contributed by atoms with Gasteiger partial charge in [0.15, 0.2) is 11.5 Å². The average molecular weight is 512 g/mol. The molecule has 0 fully saturated rings. The fraction of sp³-hybridized carbons (Fsp3) is 0.226. The van der Waals surface area contributed by atoms with Gasteiger partial charge in [-0.2, -0.15) is 0 Å². The summed E-state index contributed by atoms with van der Waals surface area (Å²) in [5.41, 5.74) is 2.37. The number of fused-ring (bicyclic) bond motifs is 2. The molecule has 0 bridgehead atoms. The molecule has 0 saturated heterocycles. The third-order valence-electron chi connectivity index (χ3n) is 6.60. The van der Waals surface area contributed by atoms with Crippen molar-refractivity contribution in [2.24, 2.45) is 0 Å². The molecule has 0 saturated carbocycles. The lowest BCUT2D eigenvalue weighted by Gasteiger charge is -2.19. The van der Waals surface area contributed by atoms with Gasteiger partial charge in [0.2, 0.25) is 6.79 Å². The third kappa shape index (κ3) is 5.57. The summed E-state index contributed by atoms with van der Waals surface area (Å²) >= 11 is 0. The summed E-state index contributed by atoms with van der Waals surface area (Å²) in [7, 11) is 1.37. The molecular formula is C31H29NO6. The number of benzene rings is 4. The van der Waals surface area contributed by atoms with Gasteiger partial charge < -0.3 is 24.3 Å². The van der Waals surface area contributed by atoms with Gasteiger partial charge in [-0.3, -0.25) is 9.59 Å². The van der Waals surface area contributed by atoms with E-state index in [-0.39, 0.29) is 31.1 Å². The van der Waals surface area contributed by atoms with Crippen LogP contribution in [-0.4, -0.2) is 25.8 Å². The van der Waals surface area contributed by atoms with Crippen LogP contribution in [-0.2, 0) is 16.0 Å². The minimum absolute atomic E-state index is 0.179. The largest absolute Gasteiger partial charge is 0.469 e. The highest BCUT2D eigenvalue weighted by atomic mass is 16.7. The molecule has 194 valence electrons. The number of rotatable bonds is 9. The summed E-state index contributed by atoms with van der Waals surface area (Å²) in [5.74, 6) is 1.88. The number of carbonyl (C=O) groups is 2. The van der Waals surface area contributed by atoms with Gasteiger partial charge >= 0.3 is 5.97 Å². The minimum Gasteiger partial charge on any atom is -0.469 e. The second-order valence-corrected chi connectivity index (χ2v) is 9.13. The Morgan fingerprint density at radius 2 is 1.68 bits per heavy atom. The average Bonchev–Trinajstić information content (AvgIpc) is 3.41. The molecule has 38 heavy (non-hydrogen) atoms. The van der Waals surface area contributed by atoms with Gasteiger partial charge in [0.1, 0.15) is 11.5 Å². The maximum atomic E-state index is 13.6. The van der Waals surface area contributed by atoms with Crippen molar-refractivity contribution in [1.82, 2.24) is 5.32 Å². The van der Waals surface area contributed by atoms with E-state index in [0.717, 1.165) is 21.9 Å². The molecule has 0 radical (unpaired) electrons. The second kappa shape index (κ2) is 11.3. The van der Waals surface area contributed by atoms with Crippen molar-refractivity contribution in [3.63, 3.8) is 0 Å². The highest BCUT2D eigenvalue weighted by molar-refractivity contribution is 5.97. The van der Waals surface area contributed by atoms with Gasteiger partial charge in [0.25, 0.3) is 5.91 Å². The molecule has 4 aromatic carbocycles. The molecule has 1 aliphatic rings. The first kappa shape index (κ1) is 25.1. The van der Waals surface area contributed by atoms with Gasteiger partial charge in [-0.25, -0.2) is 0 Å². The minimum atomic E-state index is -0.275. The number of hydrogen-bond donors (Lipinski definition) is 1. The van der Waals surface area contributed by atoms with E-state index in [2.05, 4.69) is 23.5 Å². The topological polar surface area (TPSA) is 83.1 Å². The van der Waals surface area contributed by atoms with Crippen LogP contribution in [0.15, 0.2) is 78.9 Å². The van der Waals surface area contributed by atoms with E-state index in [9.17, 15) is 9.59 Å². The smallest absolute Gasteiger partial charge is 0.305 e. The molecule has 1 aliphatic heterocycles. The van der Waals surface area contributed by atoms with Crippen molar-refractivity contribution in [3.05, 3.63) is 95.6 Å². The Morgan fingerprint density at radius 1 is 0.921 bits per heavy atom. The van der Waals surface area contributed by atoms with Gasteiger partial charge in [0, 0.05) is 18.1 Å². The van der Waals surface area contributed by atoms with Crippen LogP contribution in [0.25, 0.3) is 10.8 Å². The predicted octanol–water partition coefficient (Wildman–Crippen LogP) is 6.35. The first-order chi connectivity index (χ1) is 18.5. The molecule has 0 unspecified atom stereocenters. The molecule has 4 aromatic rings. The van der Waals surface area contributed by atoms with E-state index in [1.807, 2.05) is 43.3 Å². The van der Waals surface area contributed by atoms with Crippen LogP contribution in [0.1, 0.15) is 47.3 Å². The fourth-order valence-electron chi connectivity index (χ4n) is 4.63. The Kier molecular flexibility index (Phi) is 7.45. The SMILES string of the molecule is COC(=O)CCCc1ccc(Oc2ccc3c(c2)OCO3)cc1C(=O)N[C@H](C)c1cccc2ccccc12. The molecule has 0 spiro atoms. The molecule has 5 rings (SSSR count). The zero-order chi connectivity index (χ0) is 26.5. The quantitative estimate of drug-likeness (QED) is 0.264. The lowest BCUT2D eigenvalue weighted by atomic mass is 9.98. The molecule has 1 heterocycles. The normalized spacial score (nSPS) is 12.7. The Morgan fingerprint density at radius 3 is 2.55 bits per heavy atom. The van der Waals surface area contributed by atoms with Crippen LogP contribution in [0.5, 0.6) is 23.0 Å². The van der Waals surface area contributed by atoms with Crippen molar-refractivity contribution in [3.8, 4) is 23.0 Å². The standard InChI is InChI=1S/C31H29NO6/c1-20(25-11-5-8-21-7-3-4-10-26(21)25)32-31(34)27-17-23(14-13-22(27)9-6-12-30(33)35-2)38-24-15-16-28-29(18-24)37-19-36-28/h3-5,7-8,10-11,13-18,20H,6,9,12,19H2,1-2H3,(H,32,34)/t20-/m1/s1. The number of esters is 1. The maximum absolute atomic E-state index is 13.6. The van der Waals surface area contributed by atoms with Crippen molar-refractivity contribution in [2.45, 2.75) is 32.2 Å². The number of nitrogens with one attached hydrogen (secondary N) is 1. The number of carbonyl (C=O) groups excluding carboxylic acids is 2. The summed E-state index contributed by atoms with van der Waals surface area (Å²) in [6.07, 6.45) is 1.39. The monoisotopic (exact) mass is 511 g/mol. The maximum Gasteiger partial charge on any atom is 0.305 e. The zero-order valence-corrected chi connectivity index (χ0v) is 21.4. The van der Waals surface area contributed by atoms with E-state index >= 15 is 0 Å². The van der Waals surface area contributed by atoms with Gasteiger partial charge in [-0.15, -0.1) is 0 Å². The van der Waals surface area contributed by atoms with Gasteiger partial charge in [-0.1, -0.05) is 48.5 Å². The van der Waals surface area contributed by atoms with Crippen molar-refractivity contribution in [1.29, 1.82) is 0 Å². The Balaban J connectivity index is 1.39. The Bertz CT molecular complexity index is 1480. The number of amides is 1. The van der Waals surface area contributed by atoms with Crippen molar-refractivity contribution >= 4 is 22.6 Å². The first-order valence-corrected chi connectivity index (χ1v) is 12.6. The molecule has 0 aliphatic carbocycles. The molecule has 1 amide bonds. The number of methoxy groups -OCH3 is 1. The van der Waals surface area contributed by atoms with Crippen LogP contribution < -0.4 is 19.5 Å². The Labute approximate surface area is 221 Å². The van der Waals surface area contributed by atoms with Crippen molar-refractivity contribution in [2.75, 3.05) is 13.9 Å². The van der Waals surface area contributed by atoms with Crippen LogP contribution in [0.2, 0.25) is 0 Å². The Hall–Kier alpha value is -4.52. The van der Waals surface area contributed by atoms with E-state index in [0.29, 0.717) is 41.4 Å². The van der Waals surface area contributed by atoms with Crippen LogP contribution in [0.4, 0.5) is 0 Å². The summed E-state index contributed by atoms with van der Waals surface area (Å²) in [5, 5.41) is 5.38. The number of hydrogen-bond acceptors (Lipinski definition) is 6. The zero-order valence-electron chi connectivity index (χ0n) is 21.4. The lowest BCUT2D eigenvalue weighted by Crippen LogP contribution is -2.27. The lowest BCUT2D eigenvalue weighted by molar-refractivity contribution is -0.140. The summed E-state index contributed by atoms with van der Waals surface area (Å²) in [6, 6.07) is 24.8. The molecule has 0 aromatic heterocycles. The number of aryl methyl sites for hydroxylation is 1. The van der Waals surface area contributed by atoms with E-state index in [1.165, 1.54) is 7.11 Å².